The Morgan fingerprint density at radius 2 is 1.56 bits per heavy atom. The van der Waals surface area contributed by atoms with E-state index >= 15 is 0 Å². The Balaban J connectivity index is 2.26. The Labute approximate surface area is 92.5 Å². The first kappa shape index (κ1) is 11.5. The molecule has 0 radical (unpaired) electrons. The maximum Gasteiger partial charge on any atom is 0.194 e. The first-order valence-electron chi connectivity index (χ1n) is 5.49. The molecule has 0 amide bonds. The lowest BCUT2D eigenvalue weighted by molar-refractivity contribution is 0.421. The standard InChI is InChI=1S/C12H14F3N/c13-9-5-8(6-10(14)11(9)15)12(16)7-3-1-2-4-7/h5-7,12H,1-4,16H2. The summed E-state index contributed by atoms with van der Waals surface area (Å²) in [5, 5.41) is 0. The molecule has 1 atom stereocenters. The molecule has 2 rings (SSSR count). The third-order valence-electron chi connectivity index (χ3n) is 3.30. The van der Waals surface area contributed by atoms with Gasteiger partial charge in [0.1, 0.15) is 0 Å². The van der Waals surface area contributed by atoms with Gasteiger partial charge < -0.3 is 5.73 Å². The Morgan fingerprint density at radius 1 is 1.06 bits per heavy atom. The summed E-state index contributed by atoms with van der Waals surface area (Å²) in [6, 6.07) is 1.61. The molecule has 16 heavy (non-hydrogen) atoms. The molecule has 1 unspecified atom stereocenters. The van der Waals surface area contributed by atoms with Crippen molar-refractivity contribution in [1.82, 2.24) is 0 Å². The van der Waals surface area contributed by atoms with E-state index in [1.807, 2.05) is 0 Å². The fourth-order valence-corrected chi connectivity index (χ4v) is 2.36. The number of rotatable bonds is 2. The van der Waals surface area contributed by atoms with E-state index in [4.69, 9.17) is 5.73 Å². The fourth-order valence-electron chi connectivity index (χ4n) is 2.36. The van der Waals surface area contributed by atoms with Crippen molar-refractivity contribution in [2.75, 3.05) is 0 Å². The molecule has 1 nitrogen and oxygen atoms in total. The molecule has 88 valence electrons. The highest BCUT2D eigenvalue weighted by atomic mass is 19.2. The van der Waals surface area contributed by atoms with Crippen molar-refractivity contribution in [3.05, 3.63) is 35.1 Å². The number of benzene rings is 1. The van der Waals surface area contributed by atoms with Gasteiger partial charge in [-0.1, -0.05) is 12.8 Å². The van der Waals surface area contributed by atoms with Gasteiger partial charge in [0.2, 0.25) is 0 Å². The van der Waals surface area contributed by atoms with Crippen LogP contribution in [0.3, 0.4) is 0 Å². The zero-order valence-electron chi connectivity index (χ0n) is 8.85. The van der Waals surface area contributed by atoms with Crippen LogP contribution in [0.25, 0.3) is 0 Å². The summed E-state index contributed by atoms with van der Waals surface area (Å²) in [7, 11) is 0. The first-order chi connectivity index (χ1) is 7.59. The quantitative estimate of drug-likeness (QED) is 0.774. The maximum atomic E-state index is 13.0. The molecule has 0 spiro atoms. The van der Waals surface area contributed by atoms with Gasteiger partial charge in [-0.25, -0.2) is 13.2 Å². The van der Waals surface area contributed by atoms with Gasteiger partial charge in [0.25, 0.3) is 0 Å². The van der Waals surface area contributed by atoms with Crippen LogP contribution >= 0.6 is 0 Å². The largest absolute Gasteiger partial charge is 0.324 e. The average Bonchev–Trinajstić information content (AvgIpc) is 2.77. The molecular formula is C12H14F3N. The molecular weight excluding hydrogens is 215 g/mol. The zero-order chi connectivity index (χ0) is 11.7. The average molecular weight is 229 g/mol. The van der Waals surface area contributed by atoms with Gasteiger partial charge in [0.15, 0.2) is 17.5 Å². The summed E-state index contributed by atoms with van der Waals surface area (Å²) in [6.45, 7) is 0. The number of hydrogen-bond acceptors (Lipinski definition) is 1. The third-order valence-corrected chi connectivity index (χ3v) is 3.30. The SMILES string of the molecule is NC(c1cc(F)c(F)c(F)c1)C1CCCC1. The van der Waals surface area contributed by atoms with Crippen LogP contribution in [0.1, 0.15) is 37.3 Å². The van der Waals surface area contributed by atoms with E-state index in [9.17, 15) is 13.2 Å². The van der Waals surface area contributed by atoms with Crippen LogP contribution in [0, 0.1) is 23.4 Å². The molecule has 0 saturated heterocycles. The van der Waals surface area contributed by atoms with Gasteiger partial charge in [-0.05, 0) is 36.5 Å². The second-order valence-corrected chi connectivity index (χ2v) is 4.37. The molecule has 0 aromatic heterocycles. The lowest BCUT2D eigenvalue weighted by Crippen LogP contribution is -2.19. The molecule has 1 aromatic rings. The van der Waals surface area contributed by atoms with Gasteiger partial charge >= 0.3 is 0 Å². The molecule has 1 fully saturated rings. The van der Waals surface area contributed by atoms with Gasteiger partial charge in [0.05, 0.1) is 0 Å². The highest BCUT2D eigenvalue weighted by molar-refractivity contribution is 5.23. The minimum Gasteiger partial charge on any atom is -0.324 e. The van der Waals surface area contributed by atoms with Gasteiger partial charge in [0, 0.05) is 6.04 Å². The molecule has 2 N–H and O–H groups in total. The maximum absolute atomic E-state index is 13.0. The highest BCUT2D eigenvalue weighted by Crippen LogP contribution is 2.34. The zero-order valence-corrected chi connectivity index (χ0v) is 8.85. The monoisotopic (exact) mass is 229 g/mol. The normalized spacial score (nSPS) is 19.0. The smallest absolute Gasteiger partial charge is 0.194 e. The van der Waals surface area contributed by atoms with Crippen molar-refractivity contribution in [2.24, 2.45) is 11.7 Å². The van der Waals surface area contributed by atoms with E-state index in [2.05, 4.69) is 0 Å². The first-order valence-corrected chi connectivity index (χ1v) is 5.49. The predicted octanol–water partition coefficient (Wildman–Crippen LogP) is 3.29. The fraction of sp³-hybridized carbons (Fsp3) is 0.500. The van der Waals surface area contributed by atoms with E-state index < -0.39 is 23.5 Å². The minimum atomic E-state index is -1.43. The Bertz CT molecular complexity index is 363. The molecule has 1 aromatic carbocycles. The van der Waals surface area contributed by atoms with Crippen LogP contribution in [0.2, 0.25) is 0 Å². The Morgan fingerprint density at radius 3 is 2.06 bits per heavy atom. The van der Waals surface area contributed by atoms with E-state index in [0.717, 1.165) is 37.8 Å². The topological polar surface area (TPSA) is 26.0 Å². The van der Waals surface area contributed by atoms with Crippen molar-refractivity contribution < 1.29 is 13.2 Å². The van der Waals surface area contributed by atoms with Crippen LogP contribution in [-0.2, 0) is 0 Å². The Kier molecular flexibility index (Phi) is 3.19. The van der Waals surface area contributed by atoms with Crippen molar-refractivity contribution in [3.63, 3.8) is 0 Å². The molecule has 1 saturated carbocycles. The van der Waals surface area contributed by atoms with Crippen LogP contribution in [0.15, 0.2) is 12.1 Å². The van der Waals surface area contributed by atoms with Crippen molar-refractivity contribution in [3.8, 4) is 0 Å². The van der Waals surface area contributed by atoms with Crippen LogP contribution < -0.4 is 5.73 Å². The van der Waals surface area contributed by atoms with E-state index in [1.165, 1.54) is 0 Å². The van der Waals surface area contributed by atoms with Crippen LogP contribution in [0.4, 0.5) is 13.2 Å². The predicted molar refractivity (Wildman–Crippen MR) is 55.2 cm³/mol. The molecule has 1 aliphatic carbocycles. The summed E-state index contributed by atoms with van der Waals surface area (Å²) in [5.41, 5.74) is 6.28. The van der Waals surface area contributed by atoms with E-state index in [1.54, 1.807) is 0 Å². The number of halogens is 3. The minimum absolute atomic E-state index is 0.254. The summed E-state index contributed by atoms with van der Waals surface area (Å²) >= 11 is 0. The van der Waals surface area contributed by atoms with E-state index in [0.29, 0.717) is 5.56 Å². The summed E-state index contributed by atoms with van der Waals surface area (Å²) in [4.78, 5) is 0. The summed E-state index contributed by atoms with van der Waals surface area (Å²) < 4.78 is 38.8. The van der Waals surface area contributed by atoms with Crippen molar-refractivity contribution in [2.45, 2.75) is 31.7 Å². The second-order valence-electron chi connectivity index (χ2n) is 4.37. The molecule has 1 aliphatic rings. The summed E-state index contributed by atoms with van der Waals surface area (Å²) in [6.07, 6.45) is 4.15. The lowest BCUT2D eigenvalue weighted by atomic mass is 9.92. The number of nitrogens with two attached hydrogens (primary N) is 1. The summed E-state index contributed by atoms with van der Waals surface area (Å²) in [5.74, 6) is -3.50. The van der Waals surface area contributed by atoms with Crippen LogP contribution in [-0.4, -0.2) is 0 Å². The molecule has 0 aliphatic heterocycles. The third kappa shape index (κ3) is 2.07. The lowest BCUT2D eigenvalue weighted by Gasteiger charge is -2.19. The van der Waals surface area contributed by atoms with Crippen LogP contribution in [0.5, 0.6) is 0 Å². The number of hydrogen-bond donors (Lipinski definition) is 1. The van der Waals surface area contributed by atoms with Gasteiger partial charge in [-0.2, -0.15) is 0 Å². The van der Waals surface area contributed by atoms with Crippen molar-refractivity contribution >= 4 is 0 Å². The molecule has 0 bridgehead atoms. The second kappa shape index (κ2) is 4.45. The molecule has 4 heteroatoms. The Hall–Kier alpha value is -1.03. The molecule has 0 heterocycles. The van der Waals surface area contributed by atoms with Crippen molar-refractivity contribution in [1.29, 1.82) is 0 Å². The van der Waals surface area contributed by atoms with Gasteiger partial charge in [-0.15, -0.1) is 0 Å². The highest BCUT2D eigenvalue weighted by Gasteiger charge is 2.25. The van der Waals surface area contributed by atoms with Gasteiger partial charge in [-0.3, -0.25) is 0 Å². The van der Waals surface area contributed by atoms with E-state index in [-0.39, 0.29) is 5.92 Å².